The van der Waals surface area contributed by atoms with Gasteiger partial charge in [0.05, 0.1) is 6.04 Å². The minimum atomic E-state index is -0.781. The molecule has 140 valence electrons. The Hall–Kier alpha value is -3.41. The molecular formula is C21H22N2O4. The van der Waals surface area contributed by atoms with E-state index in [1.165, 1.54) is 13.0 Å². The first kappa shape index (κ1) is 19.9. The van der Waals surface area contributed by atoms with Crippen molar-refractivity contribution in [3.8, 4) is 0 Å². The van der Waals surface area contributed by atoms with Crippen LogP contribution in [0.2, 0.25) is 0 Å². The first-order valence-corrected chi connectivity index (χ1v) is 8.51. The Labute approximate surface area is 158 Å². The number of rotatable bonds is 7. The van der Waals surface area contributed by atoms with Gasteiger partial charge in [-0.2, -0.15) is 0 Å². The average Bonchev–Trinajstić information content (AvgIpc) is 2.66. The molecule has 2 rings (SSSR count). The van der Waals surface area contributed by atoms with Crippen molar-refractivity contribution in [2.24, 2.45) is 0 Å². The molecular weight excluding hydrogens is 344 g/mol. The summed E-state index contributed by atoms with van der Waals surface area (Å²) in [5.41, 5.74) is 1.64. The molecule has 0 saturated carbocycles. The van der Waals surface area contributed by atoms with Gasteiger partial charge in [-0.15, -0.1) is 0 Å². The predicted octanol–water partition coefficient (Wildman–Crippen LogP) is 2.58. The number of ether oxygens (including phenoxy) is 1. The van der Waals surface area contributed by atoms with Gasteiger partial charge in [0.25, 0.3) is 5.91 Å². The Morgan fingerprint density at radius 1 is 1.00 bits per heavy atom. The van der Waals surface area contributed by atoms with E-state index in [0.717, 1.165) is 11.1 Å². The Morgan fingerprint density at radius 3 is 2.19 bits per heavy atom. The predicted molar refractivity (Wildman–Crippen MR) is 102 cm³/mol. The van der Waals surface area contributed by atoms with Gasteiger partial charge in [-0.1, -0.05) is 60.7 Å². The largest absolute Gasteiger partial charge is 0.451 e. The van der Waals surface area contributed by atoms with E-state index in [1.54, 1.807) is 24.3 Å². The lowest BCUT2D eigenvalue weighted by Gasteiger charge is -2.14. The van der Waals surface area contributed by atoms with Gasteiger partial charge < -0.3 is 15.4 Å². The molecule has 0 saturated heterocycles. The van der Waals surface area contributed by atoms with E-state index >= 15 is 0 Å². The van der Waals surface area contributed by atoms with E-state index in [1.807, 2.05) is 43.3 Å². The van der Waals surface area contributed by atoms with Gasteiger partial charge in [0.2, 0.25) is 5.91 Å². The van der Waals surface area contributed by atoms with Crippen LogP contribution in [0.25, 0.3) is 6.08 Å². The van der Waals surface area contributed by atoms with Crippen LogP contribution in [-0.4, -0.2) is 24.4 Å². The second-order valence-corrected chi connectivity index (χ2v) is 5.93. The number of carbonyl (C=O) groups is 3. The van der Waals surface area contributed by atoms with E-state index in [0.29, 0.717) is 0 Å². The Kier molecular flexibility index (Phi) is 7.31. The molecule has 1 unspecified atom stereocenters. The van der Waals surface area contributed by atoms with E-state index in [9.17, 15) is 14.4 Å². The third-order valence-corrected chi connectivity index (χ3v) is 3.65. The number of nitrogens with one attached hydrogen (secondary N) is 2. The molecule has 6 nitrogen and oxygen atoms in total. The maximum atomic E-state index is 12.3. The van der Waals surface area contributed by atoms with Crippen LogP contribution in [0.5, 0.6) is 0 Å². The molecule has 2 amide bonds. The zero-order chi connectivity index (χ0) is 19.6. The van der Waals surface area contributed by atoms with E-state index in [2.05, 4.69) is 10.6 Å². The first-order chi connectivity index (χ1) is 13.0. The van der Waals surface area contributed by atoms with Crippen LogP contribution in [0.4, 0.5) is 0 Å². The summed E-state index contributed by atoms with van der Waals surface area (Å²) in [5, 5.41) is 5.19. The van der Waals surface area contributed by atoms with Crippen LogP contribution in [0.3, 0.4) is 0 Å². The Morgan fingerprint density at radius 2 is 1.59 bits per heavy atom. The molecule has 27 heavy (non-hydrogen) atoms. The van der Waals surface area contributed by atoms with Gasteiger partial charge >= 0.3 is 5.97 Å². The van der Waals surface area contributed by atoms with Crippen molar-refractivity contribution < 1.29 is 19.1 Å². The van der Waals surface area contributed by atoms with Crippen LogP contribution in [-0.2, 0) is 19.1 Å². The van der Waals surface area contributed by atoms with Gasteiger partial charge in [-0.05, 0) is 24.1 Å². The van der Waals surface area contributed by atoms with Crippen LogP contribution >= 0.6 is 0 Å². The minimum absolute atomic E-state index is 0.0300. The maximum absolute atomic E-state index is 12.3. The fourth-order valence-electron chi connectivity index (χ4n) is 2.37. The summed E-state index contributed by atoms with van der Waals surface area (Å²) in [7, 11) is 0. The van der Waals surface area contributed by atoms with Crippen LogP contribution < -0.4 is 10.6 Å². The number of hydrogen-bond acceptors (Lipinski definition) is 4. The highest BCUT2D eigenvalue weighted by molar-refractivity contribution is 5.98. The Bertz CT molecular complexity index is 817. The normalized spacial score (nSPS) is 12.0. The molecule has 0 bridgehead atoms. The third kappa shape index (κ3) is 6.78. The summed E-state index contributed by atoms with van der Waals surface area (Å²) in [4.78, 5) is 35.6. The van der Waals surface area contributed by atoms with E-state index in [-0.39, 0.29) is 11.7 Å². The van der Waals surface area contributed by atoms with Gasteiger partial charge in [0.1, 0.15) is 5.70 Å². The molecule has 0 aliphatic carbocycles. The van der Waals surface area contributed by atoms with Crippen molar-refractivity contribution in [1.82, 2.24) is 10.6 Å². The Balaban J connectivity index is 1.95. The summed E-state index contributed by atoms with van der Waals surface area (Å²) < 4.78 is 5.04. The molecule has 2 N–H and O–H groups in total. The summed E-state index contributed by atoms with van der Waals surface area (Å²) in [6.45, 7) is 2.69. The molecule has 0 heterocycles. The monoisotopic (exact) mass is 366 g/mol. The number of carbonyl (C=O) groups excluding carboxylic acids is 3. The lowest BCUT2D eigenvalue weighted by Crippen LogP contribution is -2.33. The summed E-state index contributed by atoms with van der Waals surface area (Å²) in [6, 6.07) is 18.2. The maximum Gasteiger partial charge on any atom is 0.355 e. The average molecular weight is 366 g/mol. The van der Waals surface area contributed by atoms with Crippen molar-refractivity contribution >= 4 is 23.9 Å². The van der Waals surface area contributed by atoms with E-state index in [4.69, 9.17) is 4.74 Å². The highest BCUT2D eigenvalue weighted by Gasteiger charge is 2.16. The van der Waals surface area contributed by atoms with Gasteiger partial charge in [0, 0.05) is 6.92 Å². The fourth-order valence-corrected chi connectivity index (χ4v) is 2.37. The zero-order valence-corrected chi connectivity index (χ0v) is 15.3. The molecule has 0 spiro atoms. The second-order valence-electron chi connectivity index (χ2n) is 5.93. The topological polar surface area (TPSA) is 84.5 Å². The smallest absolute Gasteiger partial charge is 0.355 e. The molecule has 1 atom stereocenters. The van der Waals surface area contributed by atoms with Crippen LogP contribution in [0.15, 0.2) is 66.4 Å². The molecule has 0 fully saturated rings. The minimum Gasteiger partial charge on any atom is -0.451 e. The van der Waals surface area contributed by atoms with Gasteiger partial charge in [-0.25, -0.2) is 4.79 Å². The lowest BCUT2D eigenvalue weighted by molar-refractivity contribution is -0.145. The summed E-state index contributed by atoms with van der Waals surface area (Å²) in [6.07, 6.45) is 1.49. The quantitative estimate of drug-likeness (QED) is 0.583. The molecule has 0 aromatic heterocycles. The van der Waals surface area contributed by atoms with Gasteiger partial charge in [0.15, 0.2) is 6.61 Å². The third-order valence-electron chi connectivity index (χ3n) is 3.65. The molecule has 6 heteroatoms. The second kappa shape index (κ2) is 9.91. The number of amides is 2. The van der Waals surface area contributed by atoms with Crippen LogP contribution in [0.1, 0.15) is 31.0 Å². The number of benzene rings is 2. The zero-order valence-electron chi connectivity index (χ0n) is 15.3. The highest BCUT2D eigenvalue weighted by Crippen LogP contribution is 2.11. The van der Waals surface area contributed by atoms with E-state index < -0.39 is 24.4 Å². The van der Waals surface area contributed by atoms with Crippen molar-refractivity contribution in [1.29, 1.82) is 0 Å². The standard InChI is InChI=1S/C21H22N2O4/c1-15(18-11-7-4-8-12-18)22-20(25)14-27-21(26)19(23-16(2)24)13-17-9-5-3-6-10-17/h3-13,15H,14H2,1-2H3,(H,22,25)(H,23,24)/b19-13-. The molecule has 0 aliphatic rings. The summed E-state index contributed by atoms with van der Waals surface area (Å²) in [5.74, 6) is -1.62. The molecule has 2 aromatic rings. The first-order valence-electron chi connectivity index (χ1n) is 8.51. The van der Waals surface area contributed by atoms with Gasteiger partial charge in [-0.3, -0.25) is 9.59 Å². The number of esters is 1. The highest BCUT2D eigenvalue weighted by atomic mass is 16.5. The van der Waals surface area contributed by atoms with Crippen molar-refractivity contribution in [3.05, 3.63) is 77.5 Å². The van der Waals surface area contributed by atoms with Crippen molar-refractivity contribution in [2.45, 2.75) is 19.9 Å². The number of hydrogen-bond donors (Lipinski definition) is 2. The van der Waals surface area contributed by atoms with Crippen molar-refractivity contribution in [3.63, 3.8) is 0 Å². The molecule has 2 aromatic carbocycles. The molecule has 0 radical (unpaired) electrons. The fraction of sp³-hybridized carbons (Fsp3) is 0.190. The molecule has 0 aliphatic heterocycles. The van der Waals surface area contributed by atoms with Crippen molar-refractivity contribution in [2.75, 3.05) is 6.61 Å². The van der Waals surface area contributed by atoms with Crippen LogP contribution in [0, 0.1) is 0 Å². The lowest BCUT2D eigenvalue weighted by atomic mass is 10.1. The SMILES string of the molecule is CC(=O)N/C(=C\c1ccccc1)C(=O)OCC(=O)NC(C)c1ccccc1. The summed E-state index contributed by atoms with van der Waals surface area (Å²) >= 11 is 0.